The Morgan fingerprint density at radius 2 is 1.90 bits per heavy atom. The molecule has 1 nitrogen and oxygen atoms in total. The van der Waals surface area contributed by atoms with Gasteiger partial charge in [-0.15, -0.1) is 0 Å². The summed E-state index contributed by atoms with van der Waals surface area (Å²) in [5.74, 6) is -0.467. The van der Waals surface area contributed by atoms with Crippen LogP contribution in [-0.2, 0) is 0 Å². The van der Waals surface area contributed by atoms with E-state index < -0.39 is 5.82 Å². The quantitative estimate of drug-likeness (QED) is 0.613. The molecule has 0 fully saturated rings. The molecule has 2 aromatic carbocycles. The predicted octanol–water partition coefficient (Wildman–Crippen LogP) is 6.38. The molecule has 0 aliphatic rings. The summed E-state index contributed by atoms with van der Waals surface area (Å²) in [6.45, 7) is 3.89. The Hall–Kier alpha value is -0.770. The van der Waals surface area contributed by atoms with Crippen molar-refractivity contribution in [1.29, 1.82) is 0 Å². The lowest BCUT2D eigenvalue weighted by Gasteiger charge is -2.20. The van der Waals surface area contributed by atoms with Crippen molar-refractivity contribution in [1.82, 2.24) is 0 Å². The van der Waals surface area contributed by atoms with E-state index in [1.165, 1.54) is 12.1 Å². The molecular formula is C15H13BrCl2FN. The summed E-state index contributed by atoms with van der Waals surface area (Å²) in [6.07, 6.45) is 0. The first-order valence-electron chi connectivity index (χ1n) is 6.06. The fourth-order valence-electron chi connectivity index (χ4n) is 1.99. The van der Waals surface area contributed by atoms with Crippen LogP contribution in [0.4, 0.5) is 10.1 Å². The van der Waals surface area contributed by atoms with Gasteiger partial charge in [0.2, 0.25) is 0 Å². The third kappa shape index (κ3) is 3.27. The van der Waals surface area contributed by atoms with Crippen molar-refractivity contribution in [3.63, 3.8) is 0 Å². The van der Waals surface area contributed by atoms with Gasteiger partial charge in [-0.05, 0) is 43.7 Å². The van der Waals surface area contributed by atoms with Gasteiger partial charge in [0.25, 0.3) is 0 Å². The zero-order valence-electron chi connectivity index (χ0n) is 11.0. The molecule has 0 saturated carbocycles. The molecule has 0 aromatic heterocycles. The maximum absolute atomic E-state index is 13.6. The van der Waals surface area contributed by atoms with Gasteiger partial charge in [0.1, 0.15) is 5.82 Å². The van der Waals surface area contributed by atoms with E-state index in [0.717, 1.165) is 15.7 Å². The lowest BCUT2D eigenvalue weighted by Crippen LogP contribution is -2.09. The summed E-state index contributed by atoms with van der Waals surface area (Å²) in [5.41, 5.74) is 2.60. The van der Waals surface area contributed by atoms with Gasteiger partial charge in [-0.1, -0.05) is 45.2 Å². The van der Waals surface area contributed by atoms with E-state index in [9.17, 15) is 4.39 Å². The van der Waals surface area contributed by atoms with Crippen molar-refractivity contribution >= 4 is 44.8 Å². The monoisotopic (exact) mass is 375 g/mol. The molecule has 2 rings (SSSR count). The molecule has 20 heavy (non-hydrogen) atoms. The number of hydrogen-bond donors (Lipinski definition) is 1. The van der Waals surface area contributed by atoms with Crippen LogP contribution in [0.1, 0.15) is 24.1 Å². The van der Waals surface area contributed by atoms with Crippen LogP contribution in [0.25, 0.3) is 0 Å². The predicted molar refractivity (Wildman–Crippen MR) is 87.3 cm³/mol. The lowest BCUT2D eigenvalue weighted by atomic mass is 10.1. The molecule has 1 atom stereocenters. The van der Waals surface area contributed by atoms with E-state index in [1.807, 2.05) is 32.0 Å². The van der Waals surface area contributed by atoms with Crippen LogP contribution >= 0.6 is 39.1 Å². The Morgan fingerprint density at radius 1 is 1.20 bits per heavy atom. The highest BCUT2D eigenvalue weighted by atomic mass is 79.9. The lowest BCUT2D eigenvalue weighted by molar-refractivity contribution is 0.624. The second-order valence-electron chi connectivity index (χ2n) is 4.58. The Bertz CT molecular complexity index is 646. The molecule has 0 aliphatic carbocycles. The van der Waals surface area contributed by atoms with Crippen molar-refractivity contribution in [2.75, 3.05) is 5.32 Å². The fourth-order valence-corrected chi connectivity index (χ4v) is 3.05. The first-order chi connectivity index (χ1) is 9.40. The normalized spacial score (nSPS) is 12.3. The molecular weight excluding hydrogens is 364 g/mol. The van der Waals surface area contributed by atoms with E-state index in [-0.39, 0.29) is 11.1 Å². The minimum absolute atomic E-state index is 0.0603. The Balaban J connectivity index is 2.35. The number of halogens is 4. The summed E-state index contributed by atoms with van der Waals surface area (Å²) in [6, 6.07) is 8.50. The summed E-state index contributed by atoms with van der Waals surface area (Å²) < 4.78 is 14.5. The van der Waals surface area contributed by atoms with Crippen LogP contribution in [0.2, 0.25) is 10.0 Å². The van der Waals surface area contributed by atoms with Gasteiger partial charge in [-0.25, -0.2) is 4.39 Å². The molecule has 0 spiro atoms. The van der Waals surface area contributed by atoms with E-state index in [0.29, 0.717) is 10.6 Å². The molecule has 0 heterocycles. The zero-order valence-corrected chi connectivity index (χ0v) is 14.1. The van der Waals surface area contributed by atoms with Gasteiger partial charge >= 0.3 is 0 Å². The van der Waals surface area contributed by atoms with Crippen molar-refractivity contribution in [3.8, 4) is 0 Å². The third-order valence-electron chi connectivity index (χ3n) is 3.08. The van der Waals surface area contributed by atoms with Crippen LogP contribution in [0.5, 0.6) is 0 Å². The highest BCUT2D eigenvalue weighted by molar-refractivity contribution is 9.10. The summed E-state index contributed by atoms with van der Waals surface area (Å²) >= 11 is 15.6. The van der Waals surface area contributed by atoms with Gasteiger partial charge in [0.05, 0.1) is 11.1 Å². The highest BCUT2D eigenvalue weighted by Crippen LogP contribution is 2.35. The van der Waals surface area contributed by atoms with Crippen LogP contribution < -0.4 is 5.32 Å². The van der Waals surface area contributed by atoms with Gasteiger partial charge in [0, 0.05) is 20.7 Å². The second kappa shape index (κ2) is 6.33. The van der Waals surface area contributed by atoms with Gasteiger partial charge in [-0.2, -0.15) is 0 Å². The molecule has 0 aliphatic heterocycles. The standard InChI is InChI=1S/C15H13BrCl2FN/c1-8-3-4-10(16)7-13(8)20-9(2)14-11(17)5-6-12(19)15(14)18/h3-7,9,20H,1-2H3. The van der Waals surface area contributed by atoms with Crippen LogP contribution in [0.15, 0.2) is 34.8 Å². The molecule has 0 amide bonds. The van der Waals surface area contributed by atoms with Gasteiger partial charge in [-0.3, -0.25) is 0 Å². The number of hydrogen-bond acceptors (Lipinski definition) is 1. The molecule has 1 unspecified atom stereocenters. The maximum atomic E-state index is 13.6. The van der Waals surface area contributed by atoms with Crippen molar-refractivity contribution in [2.24, 2.45) is 0 Å². The largest absolute Gasteiger partial charge is 0.378 e. The van der Waals surface area contributed by atoms with Crippen LogP contribution in [0.3, 0.4) is 0 Å². The fraction of sp³-hybridized carbons (Fsp3) is 0.200. The average molecular weight is 377 g/mol. The average Bonchev–Trinajstić information content (AvgIpc) is 2.39. The molecule has 106 valence electrons. The minimum atomic E-state index is -0.467. The molecule has 0 bridgehead atoms. The molecule has 5 heteroatoms. The van der Waals surface area contributed by atoms with E-state index in [2.05, 4.69) is 21.2 Å². The highest BCUT2D eigenvalue weighted by Gasteiger charge is 2.17. The van der Waals surface area contributed by atoms with Gasteiger partial charge in [0.15, 0.2) is 0 Å². The first-order valence-corrected chi connectivity index (χ1v) is 7.61. The van der Waals surface area contributed by atoms with Crippen molar-refractivity contribution in [2.45, 2.75) is 19.9 Å². The molecule has 1 N–H and O–H groups in total. The van der Waals surface area contributed by atoms with Crippen molar-refractivity contribution in [3.05, 3.63) is 61.8 Å². The smallest absolute Gasteiger partial charge is 0.142 e. The Kier molecular flexibility index (Phi) is 4.95. The molecule has 0 radical (unpaired) electrons. The number of rotatable bonds is 3. The number of benzene rings is 2. The SMILES string of the molecule is Cc1ccc(Br)cc1NC(C)c1c(Cl)ccc(F)c1Cl. The number of nitrogens with one attached hydrogen (secondary N) is 1. The van der Waals surface area contributed by atoms with E-state index >= 15 is 0 Å². The summed E-state index contributed by atoms with van der Waals surface area (Å²) in [5, 5.41) is 3.82. The third-order valence-corrected chi connectivity index (χ3v) is 4.29. The summed E-state index contributed by atoms with van der Waals surface area (Å²) in [4.78, 5) is 0. The topological polar surface area (TPSA) is 12.0 Å². The molecule has 0 saturated heterocycles. The second-order valence-corrected chi connectivity index (χ2v) is 6.28. The first kappa shape index (κ1) is 15.6. The van der Waals surface area contributed by atoms with Crippen LogP contribution in [-0.4, -0.2) is 0 Å². The van der Waals surface area contributed by atoms with Gasteiger partial charge < -0.3 is 5.32 Å². The number of aryl methyl sites for hydroxylation is 1. The van der Waals surface area contributed by atoms with E-state index in [1.54, 1.807) is 0 Å². The summed E-state index contributed by atoms with van der Waals surface area (Å²) in [7, 11) is 0. The zero-order chi connectivity index (χ0) is 14.9. The maximum Gasteiger partial charge on any atom is 0.142 e. The minimum Gasteiger partial charge on any atom is -0.378 e. The van der Waals surface area contributed by atoms with E-state index in [4.69, 9.17) is 23.2 Å². The Morgan fingerprint density at radius 3 is 2.60 bits per heavy atom. The molecule has 2 aromatic rings. The van der Waals surface area contributed by atoms with Crippen LogP contribution in [0, 0.1) is 12.7 Å². The van der Waals surface area contributed by atoms with Crippen molar-refractivity contribution < 1.29 is 4.39 Å². The number of anilines is 1. The Labute approximate surface area is 136 Å².